The Morgan fingerprint density at radius 2 is 2.11 bits per heavy atom. The zero-order valence-corrected chi connectivity index (χ0v) is 11.4. The van der Waals surface area contributed by atoms with Crippen molar-refractivity contribution >= 4 is 27.0 Å². The van der Waals surface area contributed by atoms with Gasteiger partial charge < -0.3 is 0 Å². The van der Waals surface area contributed by atoms with Crippen molar-refractivity contribution < 1.29 is 12.8 Å². The molecule has 0 aliphatic rings. The minimum absolute atomic E-state index is 0.103. The number of nitrogens with zero attached hydrogens (tertiary/aromatic N) is 1. The zero-order chi connectivity index (χ0) is 13.3. The number of nitrogens with one attached hydrogen (secondary N) is 1. The lowest BCUT2D eigenvalue weighted by molar-refractivity contribution is 0.598. The smallest absolute Gasteiger partial charge is 0.263 e. The summed E-state index contributed by atoms with van der Waals surface area (Å²) in [6.07, 6.45) is 2.29. The van der Waals surface area contributed by atoms with Crippen LogP contribution in [0.3, 0.4) is 0 Å². The van der Waals surface area contributed by atoms with Gasteiger partial charge in [0.1, 0.15) is 4.90 Å². The van der Waals surface area contributed by atoms with Crippen molar-refractivity contribution in [3.8, 4) is 0 Å². The van der Waals surface area contributed by atoms with E-state index in [0.29, 0.717) is 4.88 Å². The number of hydrogen-bond donors (Lipinski definition) is 1. The number of aromatic nitrogens is 1. The highest BCUT2D eigenvalue weighted by atomic mass is 32.2. The Balaban J connectivity index is 2.40. The Labute approximate surface area is 109 Å². The fraction of sp³-hybridized carbons (Fsp3) is 0.182. The van der Waals surface area contributed by atoms with Gasteiger partial charge >= 0.3 is 0 Å². The number of anilines is 1. The number of pyridine rings is 1. The van der Waals surface area contributed by atoms with Crippen LogP contribution in [0.5, 0.6) is 0 Å². The molecule has 96 valence electrons. The molecule has 0 bridgehead atoms. The Kier molecular flexibility index (Phi) is 3.36. The molecule has 4 nitrogen and oxygen atoms in total. The van der Waals surface area contributed by atoms with Crippen LogP contribution >= 0.6 is 11.3 Å². The molecule has 0 saturated heterocycles. The lowest BCUT2D eigenvalue weighted by atomic mass is 10.4. The summed E-state index contributed by atoms with van der Waals surface area (Å²) in [6.45, 7) is 3.54. The van der Waals surface area contributed by atoms with Crippen molar-refractivity contribution in [1.29, 1.82) is 0 Å². The fourth-order valence-corrected chi connectivity index (χ4v) is 4.16. The predicted molar refractivity (Wildman–Crippen MR) is 68.8 cm³/mol. The van der Waals surface area contributed by atoms with E-state index in [-0.39, 0.29) is 10.6 Å². The molecular formula is C11H11FN2O2S2. The van der Waals surface area contributed by atoms with Crippen molar-refractivity contribution in [2.24, 2.45) is 0 Å². The van der Waals surface area contributed by atoms with Gasteiger partial charge in [-0.2, -0.15) is 0 Å². The first-order chi connectivity index (χ1) is 8.40. The fourth-order valence-electron chi connectivity index (χ4n) is 1.53. The average molecular weight is 286 g/mol. The van der Waals surface area contributed by atoms with E-state index in [1.54, 1.807) is 13.0 Å². The van der Waals surface area contributed by atoms with Gasteiger partial charge in [0.25, 0.3) is 10.0 Å². The third kappa shape index (κ3) is 2.51. The second-order valence-corrected chi connectivity index (χ2v) is 6.85. The van der Waals surface area contributed by atoms with Crippen LogP contribution in [-0.4, -0.2) is 13.4 Å². The molecule has 1 N–H and O–H groups in total. The highest BCUT2D eigenvalue weighted by molar-refractivity contribution is 7.93. The monoisotopic (exact) mass is 286 g/mol. The van der Waals surface area contributed by atoms with Crippen LogP contribution in [0.1, 0.15) is 9.75 Å². The lowest BCUT2D eigenvalue weighted by Crippen LogP contribution is -2.14. The first-order valence-electron chi connectivity index (χ1n) is 5.09. The number of aryl methyl sites for hydroxylation is 2. The minimum Gasteiger partial charge on any atom is -0.277 e. The zero-order valence-electron chi connectivity index (χ0n) is 9.77. The average Bonchev–Trinajstić information content (AvgIpc) is 2.62. The van der Waals surface area contributed by atoms with E-state index in [9.17, 15) is 12.8 Å². The highest BCUT2D eigenvalue weighted by Gasteiger charge is 2.20. The van der Waals surface area contributed by atoms with E-state index in [4.69, 9.17) is 0 Å². The van der Waals surface area contributed by atoms with Gasteiger partial charge in [0, 0.05) is 16.0 Å². The van der Waals surface area contributed by atoms with Crippen LogP contribution in [0.4, 0.5) is 10.1 Å². The van der Waals surface area contributed by atoms with E-state index in [2.05, 4.69) is 9.71 Å². The number of sulfonamides is 1. The molecule has 0 saturated carbocycles. The van der Waals surface area contributed by atoms with Crippen molar-refractivity contribution in [3.05, 3.63) is 40.1 Å². The van der Waals surface area contributed by atoms with Gasteiger partial charge in [-0.1, -0.05) is 0 Å². The van der Waals surface area contributed by atoms with Crippen LogP contribution in [0.2, 0.25) is 0 Å². The van der Waals surface area contributed by atoms with Gasteiger partial charge in [-0.25, -0.2) is 12.8 Å². The van der Waals surface area contributed by atoms with Gasteiger partial charge in [0.2, 0.25) is 0 Å². The second kappa shape index (κ2) is 4.66. The molecule has 0 aliphatic carbocycles. The summed E-state index contributed by atoms with van der Waals surface area (Å²) < 4.78 is 39.8. The van der Waals surface area contributed by atoms with Crippen molar-refractivity contribution in [1.82, 2.24) is 4.98 Å². The summed E-state index contributed by atoms with van der Waals surface area (Å²) in [7, 11) is -3.75. The maximum Gasteiger partial charge on any atom is 0.263 e. The van der Waals surface area contributed by atoms with Gasteiger partial charge in [-0.3, -0.25) is 9.71 Å². The molecule has 0 radical (unpaired) electrons. The van der Waals surface area contributed by atoms with Crippen LogP contribution in [0, 0.1) is 19.7 Å². The van der Waals surface area contributed by atoms with E-state index in [1.807, 2.05) is 6.92 Å². The molecule has 0 unspecified atom stereocenters. The second-order valence-electron chi connectivity index (χ2n) is 3.74. The van der Waals surface area contributed by atoms with E-state index in [0.717, 1.165) is 11.1 Å². The number of hydrogen-bond acceptors (Lipinski definition) is 4. The van der Waals surface area contributed by atoms with E-state index < -0.39 is 15.8 Å². The molecule has 0 atom stereocenters. The molecule has 0 aromatic carbocycles. The first kappa shape index (κ1) is 13.0. The molecule has 18 heavy (non-hydrogen) atoms. The normalized spacial score (nSPS) is 11.5. The molecule has 0 spiro atoms. The maximum atomic E-state index is 13.4. The van der Waals surface area contributed by atoms with Gasteiger partial charge in [-0.05, 0) is 26.0 Å². The number of rotatable bonds is 3. The number of halogens is 1. The lowest BCUT2D eigenvalue weighted by Gasteiger charge is -2.07. The summed E-state index contributed by atoms with van der Waals surface area (Å²) in [5, 5.41) is 0. The number of thiophene rings is 1. The third-order valence-electron chi connectivity index (χ3n) is 2.30. The molecule has 2 rings (SSSR count). The SMILES string of the molecule is Cc1cc(S(=O)(=O)Nc2ccncc2F)c(C)s1. The summed E-state index contributed by atoms with van der Waals surface area (Å²) >= 11 is 1.39. The first-order valence-corrected chi connectivity index (χ1v) is 7.39. The van der Waals surface area contributed by atoms with Crippen LogP contribution in [-0.2, 0) is 10.0 Å². The summed E-state index contributed by atoms with van der Waals surface area (Å²) in [6, 6.07) is 2.85. The molecule has 7 heteroatoms. The summed E-state index contributed by atoms with van der Waals surface area (Å²) in [5.74, 6) is -0.703. The Hall–Kier alpha value is -1.47. The largest absolute Gasteiger partial charge is 0.277 e. The van der Waals surface area contributed by atoms with Crippen LogP contribution in [0.15, 0.2) is 29.4 Å². The molecule has 2 aromatic rings. The Bertz CT molecular complexity index is 680. The summed E-state index contributed by atoms with van der Waals surface area (Å²) in [5.41, 5.74) is -0.103. The molecule has 0 amide bonds. The standard InChI is InChI=1S/C11H11FN2O2S2/c1-7-5-11(8(2)17-7)18(15,16)14-10-3-4-13-6-9(10)12/h3-6H,1-2H3,(H,13,14). The van der Waals surface area contributed by atoms with Crippen molar-refractivity contribution in [2.45, 2.75) is 18.7 Å². The van der Waals surface area contributed by atoms with Gasteiger partial charge in [-0.15, -0.1) is 11.3 Å². The molecule has 2 aromatic heterocycles. The minimum atomic E-state index is -3.75. The molecule has 0 aliphatic heterocycles. The predicted octanol–water partition coefficient (Wildman–Crippen LogP) is 2.70. The Morgan fingerprint density at radius 3 is 2.67 bits per heavy atom. The van der Waals surface area contributed by atoms with E-state index >= 15 is 0 Å². The third-order valence-corrected chi connectivity index (χ3v) is 4.89. The van der Waals surface area contributed by atoms with Gasteiger partial charge in [0.05, 0.1) is 11.9 Å². The van der Waals surface area contributed by atoms with Crippen LogP contribution in [0.25, 0.3) is 0 Å². The Morgan fingerprint density at radius 1 is 1.39 bits per heavy atom. The molecular weight excluding hydrogens is 275 g/mol. The highest BCUT2D eigenvalue weighted by Crippen LogP contribution is 2.27. The van der Waals surface area contributed by atoms with E-state index in [1.165, 1.54) is 23.6 Å². The summed E-state index contributed by atoms with van der Waals surface area (Å²) in [4.78, 5) is 5.31. The topological polar surface area (TPSA) is 59.1 Å². The quantitative estimate of drug-likeness (QED) is 0.943. The van der Waals surface area contributed by atoms with Crippen LogP contribution < -0.4 is 4.72 Å². The van der Waals surface area contributed by atoms with Crippen molar-refractivity contribution in [2.75, 3.05) is 4.72 Å². The van der Waals surface area contributed by atoms with Gasteiger partial charge in [0.15, 0.2) is 5.82 Å². The molecule has 0 fully saturated rings. The maximum absolute atomic E-state index is 13.4. The van der Waals surface area contributed by atoms with Crippen molar-refractivity contribution in [3.63, 3.8) is 0 Å². The molecule has 2 heterocycles.